The number of rotatable bonds is 21. The van der Waals surface area contributed by atoms with Crippen molar-refractivity contribution in [2.75, 3.05) is 19.8 Å². The van der Waals surface area contributed by atoms with Crippen molar-refractivity contribution in [3.05, 3.63) is 156 Å². The van der Waals surface area contributed by atoms with Crippen molar-refractivity contribution >= 4 is 11.9 Å². The third kappa shape index (κ3) is 12.9. The molecule has 0 saturated carbocycles. The number of hydrogen-bond acceptors (Lipinski definition) is 11. The molecule has 55 heavy (non-hydrogen) atoms. The van der Waals surface area contributed by atoms with Gasteiger partial charge in [0, 0.05) is 6.92 Å². The molecule has 1 aliphatic heterocycles. The molecule has 1 N–H and O–H groups in total. The van der Waals surface area contributed by atoms with Crippen LogP contribution in [-0.2, 0) is 62.5 Å². The van der Waals surface area contributed by atoms with Crippen LogP contribution in [0.2, 0.25) is 0 Å². The highest BCUT2D eigenvalue weighted by molar-refractivity contribution is 5.89. The maximum atomic E-state index is 13.2. The molecule has 4 aromatic rings. The van der Waals surface area contributed by atoms with E-state index in [2.05, 4.69) is 6.58 Å². The van der Waals surface area contributed by atoms with Gasteiger partial charge in [0.15, 0.2) is 12.4 Å². The fraction of sp³-hybridized carbons (Fsp3) is 0.364. The Morgan fingerprint density at radius 1 is 0.745 bits per heavy atom. The molecule has 11 heteroatoms. The highest BCUT2D eigenvalue weighted by Gasteiger charge is 2.49. The Bertz CT molecular complexity index is 1710. The van der Waals surface area contributed by atoms with Crippen molar-refractivity contribution in [3.63, 3.8) is 0 Å². The van der Waals surface area contributed by atoms with Crippen LogP contribution in [0, 0.1) is 0 Å². The summed E-state index contributed by atoms with van der Waals surface area (Å²) in [6.45, 7) is 7.16. The van der Waals surface area contributed by atoms with Crippen LogP contribution in [0.5, 0.6) is 0 Å². The largest absolute Gasteiger partial charge is 0.459 e. The van der Waals surface area contributed by atoms with Gasteiger partial charge in [0.25, 0.3) is 0 Å². The lowest BCUT2D eigenvalue weighted by Crippen LogP contribution is -2.61. The summed E-state index contributed by atoms with van der Waals surface area (Å²) in [4.78, 5) is 25.7. The van der Waals surface area contributed by atoms with Gasteiger partial charge >= 0.3 is 11.9 Å². The van der Waals surface area contributed by atoms with Crippen molar-refractivity contribution in [1.82, 2.24) is 0 Å². The number of aliphatic hydroxyl groups excluding tert-OH is 1. The van der Waals surface area contributed by atoms with Crippen LogP contribution in [0.3, 0.4) is 0 Å². The van der Waals surface area contributed by atoms with E-state index in [1.54, 1.807) is 37.3 Å². The van der Waals surface area contributed by atoms with Gasteiger partial charge in [0.1, 0.15) is 37.1 Å². The Kier molecular flexibility index (Phi) is 16.6. The van der Waals surface area contributed by atoms with Crippen molar-refractivity contribution in [1.29, 1.82) is 0 Å². The topological polar surface area (TPSA) is 128 Å². The zero-order chi connectivity index (χ0) is 38.8. The number of hydrogen-bond donors (Lipinski definition) is 1. The lowest BCUT2D eigenvalue weighted by atomic mass is 9.98. The number of aliphatic hydroxyl groups is 1. The van der Waals surface area contributed by atoms with Crippen LogP contribution in [-0.4, -0.2) is 85.9 Å². The minimum absolute atomic E-state index is 0.0611. The van der Waals surface area contributed by atoms with Gasteiger partial charge in [-0.3, -0.25) is 4.79 Å². The average Bonchev–Trinajstić information content (AvgIpc) is 3.21. The molecule has 0 unspecified atom stereocenters. The predicted molar refractivity (Wildman–Crippen MR) is 204 cm³/mol. The maximum absolute atomic E-state index is 13.2. The lowest BCUT2D eigenvalue weighted by molar-refractivity contribution is -0.326. The summed E-state index contributed by atoms with van der Waals surface area (Å²) >= 11 is 0. The first-order chi connectivity index (χ1) is 26.8. The molecule has 0 amide bonds. The van der Waals surface area contributed by atoms with Crippen molar-refractivity contribution in [2.45, 2.75) is 82.7 Å². The van der Waals surface area contributed by atoms with E-state index < -0.39 is 61.0 Å². The fourth-order valence-electron chi connectivity index (χ4n) is 6.12. The predicted octanol–water partition coefficient (Wildman–Crippen LogP) is 6.22. The number of esters is 2. The first-order valence-corrected chi connectivity index (χ1v) is 18.4. The van der Waals surface area contributed by atoms with E-state index in [4.69, 9.17) is 37.9 Å². The van der Waals surface area contributed by atoms with Gasteiger partial charge in [-0.1, -0.05) is 115 Å². The number of carbonyl (C=O) groups excluding carboxylic acids is 2. The average molecular weight is 755 g/mol. The third-order valence-corrected chi connectivity index (χ3v) is 8.88. The summed E-state index contributed by atoms with van der Waals surface area (Å²) in [5.41, 5.74) is 3.03. The molecule has 292 valence electrons. The second-order valence-electron chi connectivity index (χ2n) is 13.1. The van der Waals surface area contributed by atoms with E-state index in [1.165, 1.54) is 6.92 Å². The highest BCUT2D eigenvalue weighted by Crippen LogP contribution is 2.30. The summed E-state index contributed by atoms with van der Waals surface area (Å²) in [7, 11) is 0. The van der Waals surface area contributed by atoms with Crippen LogP contribution >= 0.6 is 0 Å². The van der Waals surface area contributed by atoms with Gasteiger partial charge in [0.2, 0.25) is 0 Å². The van der Waals surface area contributed by atoms with Crippen molar-refractivity contribution in [2.24, 2.45) is 0 Å². The second kappa shape index (κ2) is 22.0. The molecule has 1 aliphatic rings. The molecule has 1 heterocycles. The Hall–Kier alpha value is -4.72. The van der Waals surface area contributed by atoms with Crippen LogP contribution in [0.4, 0.5) is 0 Å². The van der Waals surface area contributed by atoms with E-state index in [1.807, 2.05) is 97.1 Å². The fourth-order valence-corrected chi connectivity index (χ4v) is 6.12. The molecule has 4 aromatic carbocycles. The van der Waals surface area contributed by atoms with E-state index >= 15 is 0 Å². The molecule has 5 rings (SSSR count). The van der Waals surface area contributed by atoms with Gasteiger partial charge in [-0.25, -0.2) is 4.79 Å². The van der Waals surface area contributed by atoms with E-state index in [0.717, 1.165) is 16.7 Å². The normalized spacial score (nSPS) is 21.2. The van der Waals surface area contributed by atoms with Crippen LogP contribution in [0.1, 0.15) is 40.9 Å². The zero-order valence-corrected chi connectivity index (χ0v) is 31.2. The van der Waals surface area contributed by atoms with Crippen molar-refractivity contribution < 1.29 is 52.6 Å². The van der Waals surface area contributed by atoms with Gasteiger partial charge in [-0.2, -0.15) is 0 Å². The van der Waals surface area contributed by atoms with Crippen LogP contribution in [0.25, 0.3) is 0 Å². The number of ether oxygens (including phenoxy) is 8. The summed E-state index contributed by atoms with van der Waals surface area (Å²) < 4.78 is 49.8. The lowest BCUT2D eigenvalue weighted by Gasteiger charge is -2.44. The zero-order valence-electron chi connectivity index (χ0n) is 31.2. The minimum atomic E-state index is -1.32. The summed E-state index contributed by atoms with van der Waals surface area (Å²) in [5, 5.41) is 11.7. The van der Waals surface area contributed by atoms with Gasteiger partial charge < -0.3 is 43.0 Å². The van der Waals surface area contributed by atoms with Gasteiger partial charge in [0.05, 0.1) is 44.7 Å². The molecular formula is C44H50O11. The number of benzene rings is 4. The van der Waals surface area contributed by atoms with Crippen LogP contribution in [0.15, 0.2) is 134 Å². The maximum Gasteiger partial charge on any atom is 0.338 e. The molecule has 0 aromatic heterocycles. The molecule has 0 bridgehead atoms. The van der Waals surface area contributed by atoms with E-state index in [0.29, 0.717) is 5.56 Å². The quantitative estimate of drug-likeness (QED) is 0.0592. The molecule has 0 spiro atoms. The number of carbonyl (C=O) groups is 2. The van der Waals surface area contributed by atoms with Crippen LogP contribution < -0.4 is 0 Å². The Balaban J connectivity index is 1.45. The molecular weight excluding hydrogens is 704 g/mol. The summed E-state index contributed by atoms with van der Waals surface area (Å²) in [5.74, 6) is -1.19. The Morgan fingerprint density at radius 3 is 1.85 bits per heavy atom. The molecule has 11 nitrogen and oxygen atoms in total. The third-order valence-electron chi connectivity index (χ3n) is 8.88. The molecule has 0 aliphatic carbocycles. The smallest absolute Gasteiger partial charge is 0.338 e. The Labute approximate surface area is 322 Å². The summed E-state index contributed by atoms with van der Waals surface area (Å²) in [6.07, 6.45) is -6.69. The molecule has 0 radical (unpaired) electrons. The highest BCUT2D eigenvalue weighted by atomic mass is 16.7. The first-order valence-electron chi connectivity index (χ1n) is 18.4. The Morgan fingerprint density at radius 2 is 1.29 bits per heavy atom. The molecule has 8 atom stereocenters. The van der Waals surface area contributed by atoms with E-state index in [9.17, 15) is 14.7 Å². The molecule has 1 saturated heterocycles. The van der Waals surface area contributed by atoms with Gasteiger partial charge in [-0.15, -0.1) is 6.58 Å². The van der Waals surface area contributed by atoms with Gasteiger partial charge in [-0.05, 0) is 35.7 Å². The van der Waals surface area contributed by atoms with E-state index in [-0.39, 0.29) is 39.6 Å². The summed E-state index contributed by atoms with van der Waals surface area (Å²) in [6, 6.07) is 37.3. The monoisotopic (exact) mass is 754 g/mol. The minimum Gasteiger partial charge on any atom is -0.459 e. The molecule has 1 fully saturated rings. The standard InChI is InChI=1S/C44H50O11/c1-4-25-48-29-38(55-44-42(54-32(3)45)39(46)40(31(2)53-44)50-27-34-19-11-6-12-20-34)41(51-28-35-21-13-7-14-22-35)37(49-26-33-17-9-5-10-18-33)30-52-43(47)36-23-15-8-16-24-36/h4-24,31,37-42,44,46H,1,25-30H2,2-3H3/t31-,37-,38+,39+,40-,41-,42+,44-/m0/s1. The second-order valence-corrected chi connectivity index (χ2v) is 13.1. The first kappa shape index (κ1) is 41.4. The van der Waals surface area contributed by atoms with Crippen molar-refractivity contribution in [3.8, 4) is 0 Å². The SMILES string of the molecule is C=CCOC[C@@H](O[C@@H]1O[C@@H](C)[C@H](OCc2ccccc2)[C@@H](O)[C@H]1OC(C)=O)[C@@H](OCc1ccccc1)[C@H](COC(=O)c1ccccc1)OCc1ccccc1.